The number of carbonyl (C=O) groups excluding carboxylic acids is 1. The van der Waals surface area contributed by atoms with Crippen LogP contribution < -0.4 is 0 Å². The van der Waals surface area contributed by atoms with Crippen LogP contribution >= 0.6 is 0 Å². The summed E-state index contributed by atoms with van der Waals surface area (Å²) in [6.07, 6.45) is 1.70. The van der Waals surface area contributed by atoms with Crippen molar-refractivity contribution in [1.29, 1.82) is 0 Å². The highest BCUT2D eigenvalue weighted by Crippen LogP contribution is 2.34. The van der Waals surface area contributed by atoms with Crippen molar-refractivity contribution in [1.82, 2.24) is 0 Å². The van der Waals surface area contributed by atoms with Crippen molar-refractivity contribution in [3.63, 3.8) is 0 Å². The van der Waals surface area contributed by atoms with E-state index in [-0.39, 0.29) is 11.8 Å². The molecular formula is C22H24FNO2. The summed E-state index contributed by atoms with van der Waals surface area (Å²) in [7, 11) is 0. The number of halogens is 1. The molecular weight excluding hydrogens is 329 g/mol. The van der Waals surface area contributed by atoms with Gasteiger partial charge in [0.25, 0.3) is 0 Å². The molecule has 2 aromatic rings. The van der Waals surface area contributed by atoms with Gasteiger partial charge in [-0.2, -0.15) is 0 Å². The second-order valence-corrected chi connectivity index (χ2v) is 7.76. The maximum atomic E-state index is 13.2. The molecule has 0 spiro atoms. The summed E-state index contributed by atoms with van der Waals surface area (Å²) < 4.78 is 18.9. The molecule has 1 aliphatic rings. The normalized spacial score (nSPS) is 19.9. The number of hydrogen-bond donors (Lipinski definition) is 0. The minimum atomic E-state index is -0.962. The van der Waals surface area contributed by atoms with Crippen LogP contribution in [0.2, 0.25) is 0 Å². The van der Waals surface area contributed by atoms with E-state index in [0.29, 0.717) is 19.3 Å². The first-order valence-corrected chi connectivity index (χ1v) is 8.89. The highest BCUT2D eigenvalue weighted by atomic mass is 19.1. The van der Waals surface area contributed by atoms with E-state index >= 15 is 0 Å². The second kappa shape index (κ2) is 7.02. The average molecular weight is 353 g/mol. The zero-order valence-electron chi connectivity index (χ0n) is 15.5. The molecule has 26 heavy (non-hydrogen) atoms. The maximum absolute atomic E-state index is 13.2. The molecule has 0 N–H and O–H groups in total. The lowest BCUT2D eigenvalue weighted by Gasteiger charge is -2.29. The van der Waals surface area contributed by atoms with E-state index in [9.17, 15) is 9.18 Å². The van der Waals surface area contributed by atoms with Crippen LogP contribution in [-0.4, -0.2) is 22.8 Å². The molecule has 4 heteroatoms. The topological polar surface area (TPSA) is 38.7 Å². The molecule has 0 radical (unpaired) electrons. The van der Waals surface area contributed by atoms with E-state index in [1.54, 1.807) is 12.1 Å². The summed E-state index contributed by atoms with van der Waals surface area (Å²) >= 11 is 0. The summed E-state index contributed by atoms with van der Waals surface area (Å²) in [6.45, 7) is 5.56. The van der Waals surface area contributed by atoms with Crippen LogP contribution in [0.15, 0.2) is 59.6 Å². The first-order valence-electron chi connectivity index (χ1n) is 8.89. The fourth-order valence-electron chi connectivity index (χ4n) is 3.20. The molecule has 136 valence electrons. The molecule has 1 aliphatic heterocycles. The van der Waals surface area contributed by atoms with Gasteiger partial charge >= 0.3 is 5.97 Å². The van der Waals surface area contributed by atoms with Gasteiger partial charge in [-0.1, -0.05) is 42.5 Å². The first-order chi connectivity index (χ1) is 12.3. The molecule has 0 unspecified atom stereocenters. The Bertz CT molecular complexity index is 806. The smallest absolute Gasteiger partial charge is 0.334 e. The Morgan fingerprint density at radius 1 is 1.12 bits per heavy atom. The van der Waals surface area contributed by atoms with Gasteiger partial charge in [-0.05, 0) is 56.9 Å². The number of carbonyl (C=O) groups is 1. The van der Waals surface area contributed by atoms with Crippen LogP contribution in [0.25, 0.3) is 0 Å². The lowest BCUT2D eigenvalue weighted by molar-refractivity contribution is -0.161. The molecule has 0 bridgehead atoms. The van der Waals surface area contributed by atoms with E-state index in [2.05, 4.69) is 0 Å². The fraction of sp³-hybridized carbons (Fsp3) is 0.364. The fourth-order valence-corrected chi connectivity index (χ4v) is 3.20. The largest absolute Gasteiger partial charge is 0.458 e. The van der Waals surface area contributed by atoms with Crippen molar-refractivity contribution in [3.8, 4) is 0 Å². The Morgan fingerprint density at radius 2 is 1.77 bits per heavy atom. The summed E-state index contributed by atoms with van der Waals surface area (Å²) in [5.74, 6) is -0.611. The third-order valence-corrected chi connectivity index (χ3v) is 4.42. The van der Waals surface area contributed by atoms with Gasteiger partial charge in [0, 0.05) is 12.1 Å². The molecule has 0 aliphatic carbocycles. The monoisotopic (exact) mass is 353 g/mol. The standard InChI is InChI=1S/C22H24FNO2/c1-21(2,3)26-20(25)22(15-16-9-11-18(23)12-10-16)14-13-19(24-22)17-7-5-4-6-8-17/h4-12H,13-15H2,1-3H3/t22-/m1/s1. The van der Waals surface area contributed by atoms with Gasteiger partial charge < -0.3 is 4.74 Å². The van der Waals surface area contributed by atoms with E-state index in [0.717, 1.165) is 16.8 Å². The molecule has 0 saturated carbocycles. The predicted octanol–water partition coefficient (Wildman–Crippen LogP) is 4.73. The molecule has 0 aromatic heterocycles. The van der Waals surface area contributed by atoms with Crippen molar-refractivity contribution >= 4 is 11.7 Å². The Kier molecular flexibility index (Phi) is 4.94. The third-order valence-electron chi connectivity index (χ3n) is 4.42. The van der Waals surface area contributed by atoms with Crippen LogP contribution in [0.3, 0.4) is 0 Å². The van der Waals surface area contributed by atoms with E-state index in [1.165, 1.54) is 12.1 Å². The average Bonchev–Trinajstić information content (AvgIpc) is 3.02. The van der Waals surface area contributed by atoms with Crippen molar-refractivity contribution in [2.24, 2.45) is 4.99 Å². The van der Waals surface area contributed by atoms with Gasteiger partial charge in [0.15, 0.2) is 5.54 Å². The zero-order chi connectivity index (χ0) is 18.8. The Morgan fingerprint density at radius 3 is 2.38 bits per heavy atom. The van der Waals surface area contributed by atoms with E-state index in [4.69, 9.17) is 9.73 Å². The minimum Gasteiger partial charge on any atom is -0.458 e. The Labute approximate surface area is 153 Å². The number of esters is 1. The van der Waals surface area contributed by atoms with Gasteiger partial charge in [0.2, 0.25) is 0 Å². The third kappa shape index (κ3) is 4.18. The van der Waals surface area contributed by atoms with Gasteiger partial charge in [0.05, 0.1) is 0 Å². The Balaban J connectivity index is 1.96. The van der Waals surface area contributed by atoms with Crippen LogP contribution in [0.5, 0.6) is 0 Å². The van der Waals surface area contributed by atoms with Gasteiger partial charge in [-0.3, -0.25) is 4.99 Å². The van der Waals surface area contributed by atoms with E-state index < -0.39 is 11.1 Å². The molecule has 3 rings (SSSR count). The number of hydrogen-bond acceptors (Lipinski definition) is 3. The minimum absolute atomic E-state index is 0.292. The molecule has 1 heterocycles. The molecule has 0 amide bonds. The lowest BCUT2D eigenvalue weighted by Crippen LogP contribution is -2.42. The van der Waals surface area contributed by atoms with Gasteiger partial charge in [-0.25, -0.2) is 9.18 Å². The second-order valence-electron chi connectivity index (χ2n) is 7.76. The van der Waals surface area contributed by atoms with Crippen molar-refractivity contribution in [2.75, 3.05) is 0 Å². The summed E-state index contributed by atoms with van der Waals surface area (Å²) in [6, 6.07) is 16.1. The predicted molar refractivity (Wildman–Crippen MR) is 101 cm³/mol. The van der Waals surface area contributed by atoms with Crippen molar-refractivity contribution in [2.45, 2.75) is 51.2 Å². The first kappa shape index (κ1) is 18.3. The Hall–Kier alpha value is -2.49. The van der Waals surface area contributed by atoms with Gasteiger partial charge in [-0.15, -0.1) is 0 Å². The molecule has 1 atom stereocenters. The van der Waals surface area contributed by atoms with Crippen LogP contribution in [0.1, 0.15) is 44.7 Å². The number of rotatable bonds is 4. The number of nitrogens with zero attached hydrogens (tertiary/aromatic N) is 1. The van der Waals surface area contributed by atoms with Crippen molar-refractivity contribution in [3.05, 3.63) is 71.5 Å². The van der Waals surface area contributed by atoms with Crippen LogP contribution in [0.4, 0.5) is 4.39 Å². The SMILES string of the molecule is CC(C)(C)OC(=O)[C@]1(Cc2ccc(F)cc2)CCC(c2ccccc2)=N1. The zero-order valence-corrected chi connectivity index (χ0v) is 15.5. The van der Waals surface area contributed by atoms with Crippen LogP contribution in [-0.2, 0) is 16.0 Å². The number of aliphatic imine (C=N–C) groups is 1. The molecule has 0 fully saturated rings. The number of ether oxygens (including phenoxy) is 1. The molecule has 3 nitrogen and oxygen atoms in total. The highest BCUT2D eigenvalue weighted by molar-refractivity contribution is 6.04. The highest BCUT2D eigenvalue weighted by Gasteiger charge is 2.45. The summed E-state index contributed by atoms with van der Waals surface area (Å²) in [4.78, 5) is 17.9. The summed E-state index contributed by atoms with van der Waals surface area (Å²) in [5.41, 5.74) is 1.26. The number of benzene rings is 2. The molecule has 0 saturated heterocycles. The maximum Gasteiger partial charge on any atom is 0.334 e. The van der Waals surface area contributed by atoms with Gasteiger partial charge in [0.1, 0.15) is 11.4 Å². The van der Waals surface area contributed by atoms with Crippen LogP contribution in [0, 0.1) is 5.82 Å². The quantitative estimate of drug-likeness (QED) is 0.745. The molecule has 2 aromatic carbocycles. The van der Waals surface area contributed by atoms with E-state index in [1.807, 2.05) is 51.1 Å². The van der Waals surface area contributed by atoms with Crippen molar-refractivity contribution < 1.29 is 13.9 Å². The summed E-state index contributed by atoms with van der Waals surface area (Å²) in [5, 5.41) is 0. The lowest BCUT2D eigenvalue weighted by atomic mass is 9.88.